The highest BCUT2D eigenvalue weighted by Crippen LogP contribution is 2.30. The van der Waals surface area contributed by atoms with Crippen molar-refractivity contribution in [2.45, 2.75) is 19.9 Å². The fraction of sp³-hybridized carbons (Fsp3) is 0.381. The summed E-state index contributed by atoms with van der Waals surface area (Å²) < 4.78 is 31.3. The van der Waals surface area contributed by atoms with E-state index in [4.69, 9.17) is 4.42 Å². The first-order chi connectivity index (χ1) is 14.7. The van der Waals surface area contributed by atoms with Crippen LogP contribution in [0.1, 0.15) is 19.1 Å². The van der Waals surface area contributed by atoms with E-state index in [1.165, 1.54) is 11.5 Å². The summed E-state index contributed by atoms with van der Waals surface area (Å²) in [6.45, 7) is 2.94. The smallest absolute Gasteiger partial charge is 0.261 e. The van der Waals surface area contributed by atoms with Crippen LogP contribution in [0.2, 0.25) is 0 Å². The van der Waals surface area contributed by atoms with Crippen LogP contribution in [0.15, 0.2) is 39.8 Å². The lowest BCUT2D eigenvalue weighted by molar-refractivity contribution is -0.114. The van der Waals surface area contributed by atoms with Crippen LogP contribution in [-0.4, -0.2) is 53.4 Å². The van der Waals surface area contributed by atoms with Crippen LogP contribution in [0.5, 0.6) is 0 Å². The number of hydrogen-bond donors (Lipinski definition) is 1. The van der Waals surface area contributed by atoms with E-state index in [-0.39, 0.29) is 23.0 Å². The maximum Gasteiger partial charge on any atom is 0.261 e. The molecule has 3 aromatic rings. The van der Waals surface area contributed by atoms with Gasteiger partial charge in [-0.05, 0) is 36.7 Å². The van der Waals surface area contributed by atoms with Crippen molar-refractivity contribution in [1.82, 2.24) is 14.5 Å². The summed E-state index contributed by atoms with van der Waals surface area (Å²) in [6, 6.07) is 5.24. The molecule has 0 bridgehead atoms. The third-order valence-electron chi connectivity index (χ3n) is 5.30. The van der Waals surface area contributed by atoms with Crippen molar-refractivity contribution in [3.63, 3.8) is 0 Å². The molecule has 1 aliphatic heterocycles. The minimum atomic E-state index is -3.00. The lowest BCUT2D eigenvalue weighted by Crippen LogP contribution is -2.26. The Morgan fingerprint density at radius 2 is 2.06 bits per heavy atom. The van der Waals surface area contributed by atoms with Gasteiger partial charge in [0.1, 0.15) is 17.2 Å². The van der Waals surface area contributed by atoms with Gasteiger partial charge in [0, 0.05) is 38.5 Å². The number of carbonyl (C=O) groups excluding carboxylic acids is 1. The van der Waals surface area contributed by atoms with Crippen molar-refractivity contribution in [3.05, 3.63) is 46.7 Å². The first-order valence-corrected chi connectivity index (χ1v) is 11.8. The SMILES string of the molecule is CC(=O)Nc1cc(-c2cn(C)c(=O)c3cc(CN4CCCS(=O)(=O)CC4)oc23)ccn1. The Morgan fingerprint density at radius 1 is 1.26 bits per heavy atom. The van der Waals surface area contributed by atoms with Gasteiger partial charge in [-0.1, -0.05) is 0 Å². The Bertz CT molecular complexity index is 1310. The van der Waals surface area contributed by atoms with Crippen LogP contribution in [0, 0.1) is 0 Å². The van der Waals surface area contributed by atoms with Crippen molar-refractivity contribution in [1.29, 1.82) is 0 Å². The third-order valence-corrected chi connectivity index (χ3v) is 7.02. The summed E-state index contributed by atoms with van der Waals surface area (Å²) in [5.74, 6) is 1.12. The number of nitrogens with zero attached hydrogens (tertiary/aromatic N) is 3. The Kier molecular flexibility index (Phi) is 5.67. The zero-order chi connectivity index (χ0) is 22.2. The normalized spacial score (nSPS) is 16.8. The van der Waals surface area contributed by atoms with E-state index >= 15 is 0 Å². The molecule has 4 rings (SSSR count). The van der Waals surface area contributed by atoms with Crippen molar-refractivity contribution in [2.24, 2.45) is 7.05 Å². The number of aromatic nitrogens is 2. The molecule has 1 N–H and O–H groups in total. The summed E-state index contributed by atoms with van der Waals surface area (Å²) >= 11 is 0. The van der Waals surface area contributed by atoms with E-state index in [9.17, 15) is 18.0 Å². The molecule has 0 saturated carbocycles. The average molecular weight is 445 g/mol. The largest absolute Gasteiger partial charge is 0.459 e. The molecule has 0 unspecified atom stereocenters. The second-order valence-corrected chi connectivity index (χ2v) is 10.1. The quantitative estimate of drug-likeness (QED) is 0.652. The zero-order valence-corrected chi connectivity index (χ0v) is 18.2. The molecule has 3 aromatic heterocycles. The number of hydrogen-bond acceptors (Lipinski definition) is 7. The van der Waals surface area contributed by atoms with Gasteiger partial charge in [-0.3, -0.25) is 14.5 Å². The monoisotopic (exact) mass is 444 g/mol. The summed E-state index contributed by atoms with van der Waals surface area (Å²) in [6.07, 6.45) is 3.86. The Morgan fingerprint density at radius 3 is 2.84 bits per heavy atom. The second-order valence-electron chi connectivity index (χ2n) is 7.81. The highest BCUT2D eigenvalue weighted by molar-refractivity contribution is 7.91. The number of pyridine rings is 2. The summed E-state index contributed by atoms with van der Waals surface area (Å²) in [4.78, 5) is 30.3. The Labute approximate surface area is 179 Å². The third kappa shape index (κ3) is 4.70. The van der Waals surface area contributed by atoms with Gasteiger partial charge >= 0.3 is 0 Å². The zero-order valence-electron chi connectivity index (χ0n) is 17.4. The van der Waals surface area contributed by atoms with Crippen LogP contribution in [-0.2, 0) is 28.2 Å². The molecule has 164 valence electrons. The minimum absolute atomic E-state index is 0.128. The van der Waals surface area contributed by atoms with Gasteiger partial charge in [0.25, 0.3) is 5.56 Å². The average Bonchev–Trinajstić information content (AvgIpc) is 3.04. The summed E-state index contributed by atoms with van der Waals surface area (Å²) in [5, 5.41) is 3.11. The molecule has 4 heterocycles. The van der Waals surface area contributed by atoms with Crippen LogP contribution in [0.25, 0.3) is 22.1 Å². The van der Waals surface area contributed by atoms with Crippen molar-refractivity contribution < 1.29 is 17.6 Å². The maximum atomic E-state index is 12.7. The summed E-state index contributed by atoms with van der Waals surface area (Å²) in [7, 11) is -1.32. The summed E-state index contributed by atoms with van der Waals surface area (Å²) in [5.41, 5.74) is 1.74. The molecule has 9 nitrogen and oxygen atoms in total. The van der Waals surface area contributed by atoms with Crippen LogP contribution in [0.4, 0.5) is 5.82 Å². The van der Waals surface area contributed by atoms with Gasteiger partial charge in [0.15, 0.2) is 9.84 Å². The number of fused-ring (bicyclic) bond motifs is 1. The van der Waals surface area contributed by atoms with Crippen molar-refractivity contribution >= 4 is 32.5 Å². The molecular weight excluding hydrogens is 420 g/mol. The molecule has 1 saturated heterocycles. The van der Waals surface area contributed by atoms with Crippen LogP contribution in [0.3, 0.4) is 0 Å². The number of furan rings is 1. The van der Waals surface area contributed by atoms with E-state index in [2.05, 4.69) is 10.3 Å². The molecule has 10 heteroatoms. The number of sulfone groups is 1. The molecule has 0 atom stereocenters. The number of amides is 1. The highest BCUT2D eigenvalue weighted by Gasteiger charge is 2.21. The predicted molar refractivity (Wildman–Crippen MR) is 118 cm³/mol. The topological polar surface area (TPSA) is 115 Å². The first-order valence-electron chi connectivity index (χ1n) is 10.0. The molecule has 0 aromatic carbocycles. The van der Waals surface area contributed by atoms with Crippen molar-refractivity contribution in [3.8, 4) is 11.1 Å². The van der Waals surface area contributed by atoms with E-state index in [0.717, 1.165) is 5.56 Å². The first kappa shape index (κ1) is 21.3. The molecule has 0 radical (unpaired) electrons. The highest BCUT2D eigenvalue weighted by atomic mass is 32.2. The van der Waals surface area contributed by atoms with Crippen LogP contribution >= 0.6 is 0 Å². The number of nitrogens with one attached hydrogen (secondary N) is 1. The van der Waals surface area contributed by atoms with Gasteiger partial charge in [-0.25, -0.2) is 13.4 Å². The molecular formula is C21H24N4O5S. The molecule has 31 heavy (non-hydrogen) atoms. The maximum absolute atomic E-state index is 12.7. The van der Waals surface area contributed by atoms with Gasteiger partial charge in [-0.15, -0.1) is 0 Å². The van der Waals surface area contributed by atoms with Crippen LogP contribution < -0.4 is 10.9 Å². The molecule has 1 amide bonds. The van der Waals surface area contributed by atoms with E-state index in [1.807, 2.05) is 4.90 Å². The lowest BCUT2D eigenvalue weighted by atomic mass is 10.1. The lowest BCUT2D eigenvalue weighted by Gasteiger charge is -2.17. The van der Waals surface area contributed by atoms with E-state index < -0.39 is 9.84 Å². The number of aryl methyl sites for hydroxylation is 1. The Balaban J connectivity index is 1.72. The molecule has 1 aliphatic rings. The number of carbonyl (C=O) groups is 1. The van der Waals surface area contributed by atoms with Gasteiger partial charge < -0.3 is 14.3 Å². The number of rotatable bonds is 4. The fourth-order valence-corrected chi connectivity index (χ4v) is 5.11. The Hall–Kier alpha value is -2.98. The predicted octanol–water partition coefficient (Wildman–Crippen LogP) is 1.77. The standard InChI is InChI=1S/C21H24N4O5S/c1-14(26)23-19-10-15(4-5-22-19)18-13-24(2)21(27)17-11-16(30-20(17)18)12-25-6-3-8-31(28,29)9-7-25/h4-5,10-11,13H,3,6-9,12H2,1-2H3,(H,22,23,26). The molecule has 0 spiro atoms. The molecule has 1 fully saturated rings. The van der Waals surface area contributed by atoms with Gasteiger partial charge in [0.05, 0.1) is 23.4 Å². The van der Waals surface area contributed by atoms with E-state index in [1.54, 1.807) is 37.6 Å². The van der Waals surface area contributed by atoms with Gasteiger partial charge in [-0.2, -0.15) is 0 Å². The second kappa shape index (κ2) is 8.27. The fourth-order valence-electron chi connectivity index (χ4n) is 3.80. The van der Waals surface area contributed by atoms with E-state index in [0.29, 0.717) is 54.2 Å². The molecule has 0 aliphatic carbocycles. The van der Waals surface area contributed by atoms with Gasteiger partial charge in [0.2, 0.25) is 5.91 Å². The van der Waals surface area contributed by atoms with Crippen molar-refractivity contribution in [2.75, 3.05) is 29.9 Å². The number of anilines is 1. The minimum Gasteiger partial charge on any atom is -0.459 e.